The van der Waals surface area contributed by atoms with E-state index in [9.17, 15) is 8.78 Å². The first-order chi connectivity index (χ1) is 14.0. The van der Waals surface area contributed by atoms with Crippen molar-refractivity contribution in [1.82, 2.24) is 19.5 Å². The van der Waals surface area contributed by atoms with Crippen LogP contribution in [0, 0.1) is 6.92 Å². The highest BCUT2D eigenvalue weighted by molar-refractivity contribution is 5.81. The number of benzene rings is 1. The second-order valence-corrected chi connectivity index (χ2v) is 7.39. The van der Waals surface area contributed by atoms with Crippen LogP contribution in [0.2, 0.25) is 0 Å². The van der Waals surface area contributed by atoms with Crippen LogP contribution in [0.1, 0.15) is 25.3 Å². The summed E-state index contributed by atoms with van der Waals surface area (Å²) in [6.07, 6.45) is 4.12. The van der Waals surface area contributed by atoms with Crippen LogP contribution in [-0.2, 0) is 0 Å². The summed E-state index contributed by atoms with van der Waals surface area (Å²) in [6.45, 7) is 4.22. The topological polar surface area (TPSA) is 54.7 Å². The largest absolute Gasteiger partial charge is 0.434 e. The van der Waals surface area contributed by atoms with Gasteiger partial charge in [0.1, 0.15) is 11.4 Å². The lowest BCUT2D eigenvalue weighted by Crippen LogP contribution is -2.42. The molecule has 1 aliphatic heterocycles. The number of aromatic nitrogens is 3. The Labute approximate surface area is 168 Å². The average Bonchev–Trinajstić information content (AvgIpc) is 3.19. The standard InChI is InChI=1S/C21H25F2N5O/c1-3-27-10-4-6-15(13-27)24-21-26-25-19(17-7-5-11-28(17)21)16-9-8-14(2)12-18(16)29-20(22)23/h5,7-9,11-12,15,20H,3-4,6,10,13H2,1-2H3,(H,24,26). The SMILES string of the molecule is CCN1CCCC(Nc2nnc(-c3ccc(C)cc3OC(F)F)c3cccn23)C1. The summed E-state index contributed by atoms with van der Waals surface area (Å²) in [5.41, 5.74) is 2.62. The highest BCUT2D eigenvalue weighted by Gasteiger charge is 2.21. The van der Waals surface area contributed by atoms with E-state index in [1.165, 1.54) is 0 Å². The molecule has 2 aromatic heterocycles. The quantitative estimate of drug-likeness (QED) is 0.671. The first-order valence-corrected chi connectivity index (χ1v) is 9.93. The van der Waals surface area contributed by atoms with E-state index in [1.807, 2.05) is 35.7 Å². The third-order valence-corrected chi connectivity index (χ3v) is 5.36. The summed E-state index contributed by atoms with van der Waals surface area (Å²) in [7, 11) is 0. The molecule has 3 heterocycles. The highest BCUT2D eigenvalue weighted by Crippen LogP contribution is 2.34. The zero-order valence-electron chi connectivity index (χ0n) is 16.6. The van der Waals surface area contributed by atoms with Gasteiger partial charge in [0, 0.05) is 24.3 Å². The van der Waals surface area contributed by atoms with Crippen molar-refractivity contribution >= 4 is 11.5 Å². The van der Waals surface area contributed by atoms with Gasteiger partial charge in [0.15, 0.2) is 0 Å². The van der Waals surface area contributed by atoms with Crippen LogP contribution in [0.5, 0.6) is 5.75 Å². The molecule has 154 valence electrons. The second kappa shape index (κ2) is 8.32. The van der Waals surface area contributed by atoms with Crippen molar-refractivity contribution in [2.24, 2.45) is 0 Å². The van der Waals surface area contributed by atoms with Gasteiger partial charge in [0.05, 0.1) is 5.52 Å². The minimum Gasteiger partial charge on any atom is -0.434 e. The second-order valence-electron chi connectivity index (χ2n) is 7.39. The molecule has 29 heavy (non-hydrogen) atoms. The molecule has 0 bridgehead atoms. The van der Waals surface area contributed by atoms with Crippen molar-refractivity contribution in [2.45, 2.75) is 39.3 Å². The average molecular weight is 401 g/mol. The molecule has 0 spiro atoms. The number of ether oxygens (including phenoxy) is 1. The smallest absolute Gasteiger partial charge is 0.387 e. The number of nitrogens with zero attached hydrogens (tertiary/aromatic N) is 4. The summed E-state index contributed by atoms with van der Waals surface area (Å²) in [6, 6.07) is 9.29. The van der Waals surface area contributed by atoms with Crippen molar-refractivity contribution in [3.05, 3.63) is 42.1 Å². The number of aryl methyl sites for hydroxylation is 1. The molecule has 1 aliphatic rings. The maximum absolute atomic E-state index is 12.9. The number of rotatable bonds is 6. The molecule has 0 saturated carbocycles. The Morgan fingerprint density at radius 3 is 2.93 bits per heavy atom. The Kier molecular flexibility index (Phi) is 5.62. The molecule has 1 unspecified atom stereocenters. The zero-order valence-corrected chi connectivity index (χ0v) is 16.6. The molecule has 4 rings (SSSR count). The van der Waals surface area contributed by atoms with Crippen molar-refractivity contribution in [2.75, 3.05) is 25.0 Å². The van der Waals surface area contributed by atoms with Gasteiger partial charge < -0.3 is 15.0 Å². The highest BCUT2D eigenvalue weighted by atomic mass is 19.3. The van der Waals surface area contributed by atoms with Crippen molar-refractivity contribution in [3.8, 4) is 17.0 Å². The first kappa shape index (κ1) is 19.6. The van der Waals surface area contributed by atoms with Crippen LogP contribution < -0.4 is 10.1 Å². The predicted molar refractivity (Wildman–Crippen MR) is 109 cm³/mol. The maximum Gasteiger partial charge on any atom is 0.387 e. The van der Waals surface area contributed by atoms with Gasteiger partial charge in [-0.3, -0.25) is 4.40 Å². The van der Waals surface area contributed by atoms with Crippen LogP contribution in [0.25, 0.3) is 16.8 Å². The Balaban J connectivity index is 1.69. The number of likely N-dealkylation sites (N-methyl/N-ethyl adjacent to an activating group) is 1. The van der Waals surface area contributed by atoms with Gasteiger partial charge in [-0.15, -0.1) is 10.2 Å². The Morgan fingerprint density at radius 2 is 2.14 bits per heavy atom. The van der Waals surface area contributed by atoms with E-state index in [2.05, 4.69) is 27.3 Å². The van der Waals surface area contributed by atoms with Gasteiger partial charge in [-0.25, -0.2) is 0 Å². The minimum atomic E-state index is -2.90. The van der Waals surface area contributed by atoms with Gasteiger partial charge >= 0.3 is 6.61 Å². The third-order valence-electron chi connectivity index (χ3n) is 5.36. The molecule has 1 atom stereocenters. The van der Waals surface area contributed by atoms with Crippen LogP contribution in [0.4, 0.5) is 14.7 Å². The van der Waals surface area contributed by atoms with E-state index >= 15 is 0 Å². The molecule has 1 aromatic carbocycles. The Hall–Kier alpha value is -2.74. The lowest BCUT2D eigenvalue weighted by atomic mass is 10.1. The molecule has 0 aliphatic carbocycles. The Bertz CT molecular complexity index is 990. The van der Waals surface area contributed by atoms with Crippen molar-refractivity contribution < 1.29 is 13.5 Å². The fourth-order valence-electron chi connectivity index (χ4n) is 3.91. The van der Waals surface area contributed by atoms with Crippen LogP contribution in [0.3, 0.4) is 0 Å². The summed E-state index contributed by atoms with van der Waals surface area (Å²) in [5.74, 6) is 0.754. The van der Waals surface area contributed by atoms with E-state index < -0.39 is 6.61 Å². The fourth-order valence-corrected chi connectivity index (χ4v) is 3.91. The maximum atomic E-state index is 12.9. The molecule has 8 heteroatoms. The number of hydrogen-bond donors (Lipinski definition) is 1. The Morgan fingerprint density at radius 1 is 1.28 bits per heavy atom. The molecule has 0 radical (unpaired) electrons. The summed E-state index contributed by atoms with van der Waals surface area (Å²) in [4.78, 5) is 2.41. The van der Waals surface area contributed by atoms with Gasteiger partial charge in [0.25, 0.3) is 0 Å². The molecule has 6 nitrogen and oxygen atoms in total. The van der Waals surface area contributed by atoms with Crippen molar-refractivity contribution in [1.29, 1.82) is 0 Å². The normalized spacial score (nSPS) is 17.8. The monoisotopic (exact) mass is 401 g/mol. The van der Waals surface area contributed by atoms with Gasteiger partial charge in [0.2, 0.25) is 5.95 Å². The van der Waals surface area contributed by atoms with E-state index in [1.54, 1.807) is 12.1 Å². The number of hydrogen-bond acceptors (Lipinski definition) is 5. The number of fused-ring (bicyclic) bond motifs is 1. The van der Waals surface area contributed by atoms with Crippen LogP contribution in [0.15, 0.2) is 36.5 Å². The number of anilines is 1. The van der Waals surface area contributed by atoms with Gasteiger partial charge in [-0.2, -0.15) is 8.78 Å². The fraction of sp³-hybridized carbons (Fsp3) is 0.429. The predicted octanol–water partition coefficient (Wildman–Crippen LogP) is 4.20. The van der Waals surface area contributed by atoms with Crippen LogP contribution >= 0.6 is 0 Å². The third kappa shape index (κ3) is 4.17. The number of alkyl halides is 2. The molecule has 3 aromatic rings. The zero-order chi connectivity index (χ0) is 20.4. The van der Waals surface area contributed by atoms with Crippen LogP contribution in [-0.4, -0.2) is 51.8 Å². The summed E-state index contributed by atoms with van der Waals surface area (Å²) < 4.78 is 32.5. The summed E-state index contributed by atoms with van der Waals surface area (Å²) in [5, 5.41) is 12.3. The number of nitrogens with one attached hydrogen (secondary N) is 1. The molecular weight excluding hydrogens is 376 g/mol. The molecule has 1 N–H and O–H groups in total. The summed E-state index contributed by atoms with van der Waals surface area (Å²) >= 11 is 0. The van der Waals surface area contributed by atoms with Crippen molar-refractivity contribution in [3.63, 3.8) is 0 Å². The molecule has 0 amide bonds. The molecule has 1 fully saturated rings. The number of piperidine rings is 1. The van der Waals surface area contributed by atoms with Gasteiger partial charge in [-0.05, 0) is 62.7 Å². The van der Waals surface area contributed by atoms with E-state index in [0.29, 0.717) is 23.2 Å². The lowest BCUT2D eigenvalue weighted by Gasteiger charge is -2.32. The molecule has 1 saturated heterocycles. The first-order valence-electron chi connectivity index (χ1n) is 9.93. The van der Waals surface area contributed by atoms with E-state index in [4.69, 9.17) is 4.74 Å². The lowest BCUT2D eigenvalue weighted by molar-refractivity contribution is -0.0494. The number of likely N-dealkylation sites (tertiary alicyclic amines) is 1. The van der Waals surface area contributed by atoms with E-state index in [0.717, 1.165) is 43.6 Å². The molecular formula is C21H25F2N5O. The number of halogens is 2. The minimum absolute atomic E-state index is 0.101. The van der Waals surface area contributed by atoms with Gasteiger partial charge in [-0.1, -0.05) is 13.0 Å². The van der Waals surface area contributed by atoms with E-state index in [-0.39, 0.29) is 5.75 Å².